The molecule has 0 bridgehead atoms. The largest absolute Gasteiger partial charge is 0.478 e. The number of hydrogen-bond donors (Lipinski definition) is 2. The summed E-state index contributed by atoms with van der Waals surface area (Å²) in [5, 5.41) is 12.0. The summed E-state index contributed by atoms with van der Waals surface area (Å²) in [5.41, 5.74) is 0.579. The van der Waals surface area contributed by atoms with Crippen molar-refractivity contribution < 1.29 is 19.4 Å². The molecule has 108 valence electrons. The number of aromatic nitrogens is 1. The molecule has 1 aliphatic heterocycles. The van der Waals surface area contributed by atoms with Crippen LogP contribution in [0.15, 0.2) is 18.5 Å². The van der Waals surface area contributed by atoms with E-state index in [1.165, 1.54) is 12.4 Å². The van der Waals surface area contributed by atoms with Gasteiger partial charge < -0.3 is 20.1 Å². The van der Waals surface area contributed by atoms with Gasteiger partial charge in [-0.25, -0.2) is 4.79 Å². The van der Waals surface area contributed by atoms with E-state index in [1.54, 1.807) is 11.0 Å². The molecule has 0 spiro atoms. The molecule has 0 radical (unpaired) electrons. The molecule has 1 unspecified atom stereocenters. The van der Waals surface area contributed by atoms with Crippen LogP contribution in [0.3, 0.4) is 0 Å². The topological polar surface area (TPSA) is 91.8 Å². The lowest BCUT2D eigenvalue weighted by atomic mass is 10.1. The van der Waals surface area contributed by atoms with Gasteiger partial charge in [0.25, 0.3) is 0 Å². The molecular formula is C13H17N3O4. The summed E-state index contributed by atoms with van der Waals surface area (Å²) < 4.78 is 5.34. The van der Waals surface area contributed by atoms with Gasteiger partial charge in [-0.1, -0.05) is 0 Å². The normalized spacial score (nSPS) is 18.6. The molecule has 1 fully saturated rings. The summed E-state index contributed by atoms with van der Waals surface area (Å²) >= 11 is 0. The molecule has 2 heterocycles. The highest BCUT2D eigenvalue weighted by atomic mass is 16.5. The zero-order chi connectivity index (χ0) is 14.5. The highest BCUT2D eigenvalue weighted by Crippen LogP contribution is 2.23. The van der Waals surface area contributed by atoms with E-state index >= 15 is 0 Å². The van der Waals surface area contributed by atoms with Gasteiger partial charge in [0.15, 0.2) is 0 Å². The van der Waals surface area contributed by atoms with Crippen LogP contribution >= 0.6 is 0 Å². The van der Waals surface area contributed by atoms with Crippen molar-refractivity contribution in [2.45, 2.75) is 13.0 Å². The molecule has 0 saturated carbocycles. The summed E-state index contributed by atoms with van der Waals surface area (Å²) in [6.07, 6.45) is 2.81. The first kappa shape index (κ1) is 14.3. The molecular weight excluding hydrogens is 262 g/mol. The van der Waals surface area contributed by atoms with Crippen LogP contribution in [-0.4, -0.2) is 54.3 Å². The van der Waals surface area contributed by atoms with Crippen LogP contribution in [0.2, 0.25) is 0 Å². The predicted octanol–water partition coefficient (Wildman–Crippen LogP) is 0.121. The van der Waals surface area contributed by atoms with Gasteiger partial charge in [-0.2, -0.15) is 0 Å². The van der Waals surface area contributed by atoms with Crippen LogP contribution in [0.4, 0.5) is 5.69 Å². The number of morpholine rings is 1. The summed E-state index contributed by atoms with van der Waals surface area (Å²) in [4.78, 5) is 28.9. The maximum Gasteiger partial charge on any atom is 0.339 e. The third-order valence-corrected chi connectivity index (χ3v) is 3.12. The molecule has 7 nitrogen and oxygen atoms in total. The zero-order valence-corrected chi connectivity index (χ0v) is 11.2. The Hall–Kier alpha value is -2.15. The quantitative estimate of drug-likeness (QED) is 0.813. The average Bonchev–Trinajstić information content (AvgIpc) is 2.47. The number of aromatic carboxylic acids is 1. The van der Waals surface area contributed by atoms with Gasteiger partial charge in [0.05, 0.1) is 18.9 Å². The molecule has 0 aromatic carbocycles. The summed E-state index contributed by atoms with van der Waals surface area (Å²) in [6.45, 7) is 3.52. The van der Waals surface area contributed by atoms with E-state index in [2.05, 4.69) is 10.3 Å². The molecule has 2 rings (SSSR count). The third kappa shape index (κ3) is 2.88. The number of nitrogens with one attached hydrogen (secondary N) is 1. The standard InChI is InChI=1S/C13H17N3O4/c1-2-15-12(17)11-8-20-6-5-16(11)10-3-4-14-7-9(10)13(18)19/h3-4,7,11H,2,5-6,8H2,1H3,(H,15,17)(H,18,19). The van der Waals surface area contributed by atoms with E-state index in [0.717, 1.165) is 0 Å². The number of nitrogens with zero attached hydrogens (tertiary/aromatic N) is 2. The number of likely N-dealkylation sites (N-methyl/N-ethyl adjacent to an activating group) is 1. The second kappa shape index (κ2) is 6.33. The Balaban J connectivity index is 2.33. The number of carbonyl (C=O) groups is 2. The van der Waals surface area contributed by atoms with Gasteiger partial charge >= 0.3 is 5.97 Å². The third-order valence-electron chi connectivity index (χ3n) is 3.12. The molecule has 1 aromatic rings. The Labute approximate surface area is 116 Å². The van der Waals surface area contributed by atoms with Crippen molar-refractivity contribution in [3.05, 3.63) is 24.0 Å². The Morgan fingerprint density at radius 1 is 1.60 bits per heavy atom. The van der Waals surface area contributed by atoms with Crippen molar-refractivity contribution in [1.29, 1.82) is 0 Å². The maximum atomic E-state index is 12.1. The van der Waals surface area contributed by atoms with Crippen molar-refractivity contribution in [3.63, 3.8) is 0 Å². The number of carboxylic acid groups (broad SMARTS) is 1. The average molecular weight is 279 g/mol. The van der Waals surface area contributed by atoms with Crippen molar-refractivity contribution in [2.75, 3.05) is 31.2 Å². The summed E-state index contributed by atoms with van der Waals surface area (Å²) in [6, 6.07) is 1.09. The van der Waals surface area contributed by atoms with E-state index in [9.17, 15) is 14.7 Å². The lowest BCUT2D eigenvalue weighted by Gasteiger charge is -2.36. The van der Waals surface area contributed by atoms with Gasteiger partial charge in [0, 0.05) is 25.5 Å². The first-order chi connectivity index (χ1) is 9.65. The molecule has 2 N–H and O–H groups in total. The highest BCUT2D eigenvalue weighted by molar-refractivity contribution is 5.95. The van der Waals surface area contributed by atoms with Gasteiger partial charge in [-0.3, -0.25) is 9.78 Å². The monoisotopic (exact) mass is 279 g/mol. The van der Waals surface area contributed by atoms with Crippen molar-refractivity contribution in [1.82, 2.24) is 10.3 Å². The molecule has 1 atom stereocenters. The molecule has 1 saturated heterocycles. The second-order valence-electron chi connectivity index (χ2n) is 4.38. The number of anilines is 1. The minimum atomic E-state index is -1.06. The van der Waals surface area contributed by atoms with E-state index in [0.29, 0.717) is 25.4 Å². The number of amides is 1. The number of carbonyl (C=O) groups excluding carboxylic acids is 1. The van der Waals surface area contributed by atoms with Crippen LogP contribution < -0.4 is 10.2 Å². The SMILES string of the molecule is CCNC(=O)C1COCCN1c1ccncc1C(=O)O. The van der Waals surface area contributed by atoms with Crippen LogP contribution in [0.25, 0.3) is 0 Å². The number of hydrogen-bond acceptors (Lipinski definition) is 5. The molecule has 1 aromatic heterocycles. The minimum Gasteiger partial charge on any atom is -0.478 e. The minimum absolute atomic E-state index is 0.0868. The fourth-order valence-corrected chi connectivity index (χ4v) is 2.20. The first-order valence-corrected chi connectivity index (χ1v) is 6.44. The molecule has 20 heavy (non-hydrogen) atoms. The number of pyridine rings is 1. The van der Waals surface area contributed by atoms with Crippen molar-refractivity contribution >= 4 is 17.6 Å². The first-order valence-electron chi connectivity index (χ1n) is 6.44. The molecule has 0 aliphatic carbocycles. The van der Waals surface area contributed by atoms with Gasteiger partial charge in [0.1, 0.15) is 11.6 Å². The van der Waals surface area contributed by atoms with Crippen LogP contribution in [-0.2, 0) is 9.53 Å². The summed E-state index contributed by atoms with van der Waals surface area (Å²) in [7, 11) is 0. The fraction of sp³-hybridized carbons (Fsp3) is 0.462. The van der Waals surface area contributed by atoms with Crippen LogP contribution in [0.5, 0.6) is 0 Å². The highest BCUT2D eigenvalue weighted by Gasteiger charge is 2.31. The Morgan fingerprint density at radius 3 is 3.10 bits per heavy atom. The lowest BCUT2D eigenvalue weighted by molar-refractivity contribution is -0.124. The van der Waals surface area contributed by atoms with Crippen molar-refractivity contribution in [3.8, 4) is 0 Å². The number of ether oxygens (including phenoxy) is 1. The molecule has 7 heteroatoms. The maximum absolute atomic E-state index is 12.1. The molecule has 1 amide bonds. The van der Waals surface area contributed by atoms with Gasteiger partial charge in [-0.15, -0.1) is 0 Å². The van der Waals surface area contributed by atoms with Gasteiger partial charge in [0.2, 0.25) is 5.91 Å². The van der Waals surface area contributed by atoms with Crippen LogP contribution in [0.1, 0.15) is 17.3 Å². The Bertz CT molecular complexity index is 506. The predicted molar refractivity (Wildman–Crippen MR) is 71.8 cm³/mol. The zero-order valence-electron chi connectivity index (χ0n) is 11.2. The number of rotatable bonds is 4. The Kier molecular flexibility index (Phi) is 4.52. The van der Waals surface area contributed by atoms with E-state index in [-0.39, 0.29) is 18.1 Å². The lowest BCUT2D eigenvalue weighted by Crippen LogP contribution is -2.54. The van der Waals surface area contributed by atoms with E-state index in [1.807, 2.05) is 6.92 Å². The van der Waals surface area contributed by atoms with E-state index < -0.39 is 12.0 Å². The smallest absolute Gasteiger partial charge is 0.339 e. The van der Waals surface area contributed by atoms with Crippen molar-refractivity contribution in [2.24, 2.45) is 0 Å². The van der Waals surface area contributed by atoms with Crippen LogP contribution in [0, 0.1) is 0 Å². The molecule has 1 aliphatic rings. The summed E-state index contributed by atoms with van der Waals surface area (Å²) in [5.74, 6) is -1.23. The Morgan fingerprint density at radius 2 is 2.40 bits per heavy atom. The second-order valence-corrected chi connectivity index (χ2v) is 4.38. The number of carboxylic acids is 1. The van der Waals surface area contributed by atoms with E-state index in [4.69, 9.17) is 4.74 Å². The van der Waals surface area contributed by atoms with Gasteiger partial charge in [-0.05, 0) is 13.0 Å². The fourth-order valence-electron chi connectivity index (χ4n) is 2.20.